The van der Waals surface area contributed by atoms with Crippen molar-refractivity contribution in [3.8, 4) is 0 Å². The van der Waals surface area contributed by atoms with Crippen molar-refractivity contribution in [3.63, 3.8) is 0 Å². The highest BCUT2D eigenvalue weighted by Crippen LogP contribution is 2.14. The van der Waals surface area contributed by atoms with Crippen LogP contribution in [0.2, 0.25) is 0 Å². The van der Waals surface area contributed by atoms with Gasteiger partial charge in [0, 0.05) is 23.4 Å². The third kappa shape index (κ3) is 5.13. The van der Waals surface area contributed by atoms with E-state index in [1.165, 1.54) is 0 Å². The average Bonchev–Trinajstić information content (AvgIpc) is 1.86. The molecule has 2 nitrogen and oxygen atoms in total. The molecule has 0 aliphatic heterocycles. The molecule has 0 aliphatic rings. The minimum absolute atomic E-state index is 0.170. The molecule has 0 heterocycles. The lowest BCUT2D eigenvalue weighted by atomic mass is 9.91. The quantitative estimate of drug-likeness (QED) is 0.290. The second kappa shape index (κ2) is 4.65. The van der Waals surface area contributed by atoms with Crippen molar-refractivity contribution in [2.75, 3.05) is 12.3 Å². The van der Waals surface area contributed by atoms with E-state index in [1.807, 2.05) is 6.92 Å². The fraction of sp³-hybridized carbons (Fsp3) is 0.875. The van der Waals surface area contributed by atoms with Gasteiger partial charge in [0.15, 0.2) is 0 Å². The zero-order valence-electron chi connectivity index (χ0n) is 7.81. The monoisotopic (exact) mass is 174 g/mol. The maximum atomic E-state index is 4.20. The summed E-state index contributed by atoms with van der Waals surface area (Å²) >= 11 is 4.06. The van der Waals surface area contributed by atoms with Crippen molar-refractivity contribution in [1.29, 1.82) is 0 Å². The summed E-state index contributed by atoms with van der Waals surface area (Å²) in [7, 11) is 0. The van der Waals surface area contributed by atoms with E-state index in [4.69, 9.17) is 0 Å². The molecule has 66 valence electrons. The predicted octanol–water partition coefficient (Wildman–Crippen LogP) is 1.93. The smallest absolute Gasteiger partial charge is 0.0417 e. The van der Waals surface area contributed by atoms with Gasteiger partial charge in [0.2, 0.25) is 0 Å². The molecule has 0 aromatic rings. The molecule has 0 radical (unpaired) electrons. The molecule has 0 spiro atoms. The van der Waals surface area contributed by atoms with E-state index in [1.54, 1.807) is 0 Å². The first-order valence-corrected chi connectivity index (χ1v) is 4.50. The third-order valence-corrected chi connectivity index (χ3v) is 1.78. The minimum atomic E-state index is 0.170. The van der Waals surface area contributed by atoms with Crippen molar-refractivity contribution >= 4 is 18.3 Å². The summed E-state index contributed by atoms with van der Waals surface area (Å²) in [5.74, 6) is 0.820. The van der Waals surface area contributed by atoms with Crippen LogP contribution in [0.3, 0.4) is 0 Å². The Balaban J connectivity index is 3.81. The Morgan fingerprint density at radius 1 is 1.45 bits per heavy atom. The van der Waals surface area contributed by atoms with Crippen LogP contribution in [-0.4, -0.2) is 18.0 Å². The van der Waals surface area contributed by atoms with Gasteiger partial charge in [-0.3, -0.25) is 0 Å². The molecule has 0 saturated heterocycles. The molecule has 0 saturated carbocycles. The molecule has 0 rings (SSSR count). The number of hydrogen-bond acceptors (Lipinski definition) is 3. The van der Waals surface area contributed by atoms with Crippen LogP contribution in [-0.2, 0) is 0 Å². The van der Waals surface area contributed by atoms with E-state index in [2.05, 4.69) is 43.9 Å². The molecule has 3 heteroatoms. The SMILES string of the molecule is C/C(=N\NCCS)C(C)(C)C. The lowest BCUT2D eigenvalue weighted by Gasteiger charge is -2.17. The summed E-state index contributed by atoms with van der Waals surface area (Å²) in [5, 5.41) is 4.20. The molecule has 0 aliphatic carbocycles. The van der Waals surface area contributed by atoms with Crippen molar-refractivity contribution in [1.82, 2.24) is 5.43 Å². The maximum Gasteiger partial charge on any atom is 0.0417 e. The van der Waals surface area contributed by atoms with Crippen LogP contribution in [0.5, 0.6) is 0 Å². The number of nitrogens with one attached hydrogen (secondary N) is 1. The van der Waals surface area contributed by atoms with Crippen LogP contribution < -0.4 is 5.43 Å². The summed E-state index contributed by atoms with van der Waals surface area (Å²) in [4.78, 5) is 0. The summed E-state index contributed by atoms with van der Waals surface area (Å²) < 4.78 is 0. The molecule has 0 bridgehead atoms. The van der Waals surface area contributed by atoms with E-state index < -0.39 is 0 Å². The highest BCUT2D eigenvalue weighted by Gasteiger charge is 2.13. The van der Waals surface area contributed by atoms with Gasteiger partial charge >= 0.3 is 0 Å². The van der Waals surface area contributed by atoms with Gasteiger partial charge in [-0.1, -0.05) is 20.8 Å². The molecule has 0 unspecified atom stereocenters. The third-order valence-electron chi connectivity index (χ3n) is 1.56. The topological polar surface area (TPSA) is 24.4 Å². The largest absolute Gasteiger partial charge is 0.309 e. The minimum Gasteiger partial charge on any atom is -0.309 e. The maximum absolute atomic E-state index is 4.20. The number of hydrogen-bond donors (Lipinski definition) is 2. The van der Waals surface area contributed by atoms with Gasteiger partial charge < -0.3 is 5.43 Å². The molecule has 0 aromatic heterocycles. The van der Waals surface area contributed by atoms with Gasteiger partial charge in [0.1, 0.15) is 0 Å². The first kappa shape index (κ1) is 10.8. The zero-order valence-corrected chi connectivity index (χ0v) is 8.70. The Kier molecular flexibility index (Phi) is 4.57. The van der Waals surface area contributed by atoms with E-state index >= 15 is 0 Å². The van der Waals surface area contributed by atoms with Crippen LogP contribution >= 0.6 is 12.6 Å². The Labute approximate surface area is 74.9 Å². The molecule has 11 heavy (non-hydrogen) atoms. The Hall–Kier alpha value is -0.180. The van der Waals surface area contributed by atoms with Crippen molar-refractivity contribution in [2.45, 2.75) is 27.7 Å². The average molecular weight is 174 g/mol. The predicted molar refractivity (Wildman–Crippen MR) is 54.4 cm³/mol. The first-order valence-electron chi connectivity index (χ1n) is 3.87. The van der Waals surface area contributed by atoms with Crippen LogP contribution in [0, 0.1) is 5.41 Å². The van der Waals surface area contributed by atoms with Crippen LogP contribution in [0.15, 0.2) is 5.10 Å². The number of hydrazone groups is 1. The standard InChI is InChI=1S/C8H18N2S/c1-7(8(2,3)4)10-9-5-6-11/h9,11H,5-6H2,1-4H3/b10-7+. The summed E-state index contributed by atoms with van der Waals surface area (Å²) in [6, 6.07) is 0. The molecular formula is C8H18N2S. The fourth-order valence-corrected chi connectivity index (χ4v) is 0.492. The highest BCUT2D eigenvalue weighted by atomic mass is 32.1. The zero-order chi connectivity index (χ0) is 8.91. The summed E-state index contributed by atoms with van der Waals surface area (Å²) in [6.45, 7) is 9.30. The Bertz CT molecular complexity index is 136. The normalized spacial score (nSPS) is 13.4. The second-order valence-electron chi connectivity index (χ2n) is 3.58. The number of rotatable bonds is 3. The van der Waals surface area contributed by atoms with Crippen LogP contribution in [0.4, 0.5) is 0 Å². The van der Waals surface area contributed by atoms with Gasteiger partial charge in [-0.15, -0.1) is 0 Å². The Morgan fingerprint density at radius 2 is 2.00 bits per heavy atom. The molecule has 1 N–H and O–H groups in total. The van der Waals surface area contributed by atoms with Gasteiger partial charge in [0.25, 0.3) is 0 Å². The molecular weight excluding hydrogens is 156 g/mol. The Morgan fingerprint density at radius 3 is 2.36 bits per heavy atom. The van der Waals surface area contributed by atoms with Crippen LogP contribution in [0.25, 0.3) is 0 Å². The van der Waals surface area contributed by atoms with Crippen LogP contribution in [0.1, 0.15) is 27.7 Å². The van der Waals surface area contributed by atoms with Crippen molar-refractivity contribution < 1.29 is 0 Å². The fourth-order valence-electron chi connectivity index (χ4n) is 0.392. The number of thiol groups is 1. The second-order valence-corrected chi connectivity index (χ2v) is 4.03. The van der Waals surface area contributed by atoms with Crippen molar-refractivity contribution in [2.24, 2.45) is 10.5 Å². The van der Waals surface area contributed by atoms with Crippen molar-refractivity contribution in [3.05, 3.63) is 0 Å². The summed E-state index contributed by atoms with van der Waals surface area (Å²) in [6.07, 6.45) is 0. The van der Waals surface area contributed by atoms with E-state index in [0.717, 1.165) is 18.0 Å². The first-order chi connectivity index (χ1) is 4.98. The number of nitrogens with zero attached hydrogens (tertiary/aromatic N) is 1. The van der Waals surface area contributed by atoms with E-state index in [9.17, 15) is 0 Å². The molecule has 0 fully saturated rings. The van der Waals surface area contributed by atoms with E-state index in [-0.39, 0.29) is 5.41 Å². The molecule has 0 amide bonds. The molecule has 0 aromatic carbocycles. The van der Waals surface area contributed by atoms with Gasteiger partial charge in [-0.05, 0) is 6.92 Å². The van der Waals surface area contributed by atoms with Gasteiger partial charge in [0.05, 0.1) is 0 Å². The molecule has 0 atom stereocenters. The lowest BCUT2D eigenvalue weighted by molar-refractivity contribution is 0.577. The van der Waals surface area contributed by atoms with E-state index in [0.29, 0.717) is 0 Å². The van der Waals surface area contributed by atoms with Gasteiger partial charge in [-0.2, -0.15) is 17.7 Å². The highest BCUT2D eigenvalue weighted by molar-refractivity contribution is 7.80. The lowest BCUT2D eigenvalue weighted by Crippen LogP contribution is -2.21. The summed E-state index contributed by atoms with van der Waals surface area (Å²) in [5.41, 5.74) is 4.25. The van der Waals surface area contributed by atoms with Gasteiger partial charge in [-0.25, -0.2) is 0 Å².